The van der Waals surface area contributed by atoms with Crippen LogP contribution in [0, 0.1) is 0 Å². The summed E-state index contributed by atoms with van der Waals surface area (Å²) in [6, 6.07) is 39.6. The molecule has 0 spiro atoms. The Morgan fingerprint density at radius 2 is 1.00 bits per heavy atom. The van der Waals surface area contributed by atoms with E-state index < -0.39 is 14.3 Å². The van der Waals surface area contributed by atoms with Crippen LogP contribution in [0.2, 0.25) is 0 Å². The van der Waals surface area contributed by atoms with E-state index in [9.17, 15) is 0 Å². The van der Waals surface area contributed by atoms with Crippen LogP contribution in [0.1, 0.15) is 0 Å². The zero-order valence-electron chi connectivity index (χ0n) is 14.3. The number of hydrogen-bond donors (Lipinski definition) is 0. The third-order valence-electron chi connectivity index (χ3n) is 4.45. The molecule has 0 nitrogen and oxygen atoms in total. The molecule has 0 fully saturated rings. The van der Waals surface area contributed by atoms with Gasteiger partial charge in [-0.1, -0.05) is 0 Å². The second kappa shape index (κ2) is 8.07. The molecule has 0 saturated heterocycles. The molecule has 4 rings (SSSR count). The number of benzene rings is 4. The Balaban J connectivity index is 1.82. The Morgan fingerprint density at radius 1 is 0.462 bits per heavy atom. The van der Waals surface area contributed by atoms with Gasteiger partial charge in [-0.25, -0.2) is 0 Å². The zero-order valence-corrected chi connectivity index (χ0v) is 18.0. The quantitative estimate of drug-likeness (QED) is 0.391. The monoisotopic (exact) mass is 459 g/mol. The summed E-state index contributed by atoms with van der Waals surface area (Å²) >= 11 is 1.70. The maximum absolute atomic E-state index is 3.53. The van der Waals surface area contributed by atoms with Crippen LogP contribution in [0.25, 0.3) is 11.1 Å². The minimum absolute atomic E-state index is 1.11. The van der Waals surface area contributed by atoms with Gasteiger partial charge < -0.3 is 0 Å². The van der Waals surface area contributed by atoms with E-state index in [-0.39, 0.29) is 0 Å². The van der Waals surface area contributed by atoms with Crippen LogP contribution in [0.5, 0.6) is 0 Å². The SMILES string of the molecule is Brc1ccc(-c2ccc[c]([Ge]([c]3ccccc3)[c]3ccccc3)c2)cc1. The summed E-state index contributed by atoms with van der Waals surface area (Å²) in [4.78, 5) is 0. The van der Waals surface area contributed by atoms with Gasteiger partial charge in [0.25, 0.3) is 0 Å². The third-order valence-corrected chi connectivity index (χ3v) is 10.7. The first-order chi connectivity index (χ1) is 12.8. The Bertz CT molecular complexity index is 940. The summed E-state index contributed by atoms with van der Waals surface area (Å²) in [5.74, 6) is 0. The van der Waals surface area contributed by atoms with Crippen LogP contribution < -0.4 is 13.2 Å². The molecular formula is C24H18BrGe. The zero-order chi connectivity index (χ0) is 17.8. The van der Waals surface area contributed by atoms with Gasteiger partial charge in [0.1, 0.15) is 0 Å². The van der Waals surface area contributed by atoms with Crippen LogP contribution in [0.3, 0.4) is 0 Å². The van der Waals surface area contributed by atoms with Crippen LogP contribution in [0.4, 0.5) is 0 Å². The molecule has 0 amide bonds. The van der Waals surface area contributed by atoms with E-state index in [0.717, 1.165) is 4.47 Å². The predicted octanol–water partition coefficient (Wildman–Crippen LogP) is 4.63. The second-order valence-electron chi connectivity index (χ2n) is 6.19. The molecule has 4 aromatic rings. The molecule has 0 saturated carbocycles. The Kier molecular flexibility index (Phi) is 5.38. The van der Waals surface area contributed by atoms with Gasteiger partial charge in [-0.05, 0) is 0 Å². The molecule has 0 aliphatic rings. The predicted molar refractivity (Wildman–Crippen MR) is 117 cm³/mol. The van der Waals surface area contributed by atoms with E-state index >= 15 is 0 Å². The molecule has 0 N–H and O–H groups in total. The molecule has 0 aliphatic carbocycles. The second-order valence-corrected chi connectivity index (χ2v) is 12.3. The maximum atomic E-state index is 3.53. The molecule has 125 valence electrons. The summed E-state index contributed by atoms with van der Waals surface area (Å²) in [6.07, 6.45) is 0. The van der Waals surface area contributed by atoms with Crippen molar-refractivity contribution in [2.75, 3.05) is 0 Å². The third kappa shape index (κ3) is 3.84. The topological polar surface area (TPSA) is 0 Å². The van der Waals surface area contributed by atoms with E-state index in [2.05, 4.69) is 125 Å². The van der Waals surface area contributed by atoms with Crippen molar-refractivity contribution in [2.24, 2.45) is 0 Å². The van der Waals surface area contributed by atoms with Crippen molar-refractivity contribution in [1.29, 1.82) is 0 Å². The molecule has 0 unspecified atom stereocenters. The summed E-state index contributed by atoms with van der Waals surface area (Å²) in [7, 11) is 0. The van der Waals surface area contributed by atoms with Crippen LogP contribution in [0.15, 0.2) is 114 Å². The van der Waals surface area contributed by atoms with Crippen molar-refractivity contribution in [3.8, 4) is 11.1 Å². The van der Waals surface area contributed by atoms with Gasteiger partial charge >= 0.3 is 168 Å². The van der Waals surface area contributed by atoms with Crippen molar-refractivity contribution in [3.63, 3.8) is 0 Å². The van der Waals surface area contributed by atoms with Gasteiger partial charge in [0, 0.05) is 0 Å². The molecule has 0 aromatic heterocycles. The average molecular weight is 459 g/mol. The summed E-state index contributed by atoms with van der Waals surface area (Å²) in [5.41, 5.74) is 2.54. The van der Waals surface area contributed by atoms with Gasteiger partial charge in [0.05, 0.1) is 0 Å². The van der Waals surface area contributed by atoms with E-state index in [0.29, 0.717) is 0 Å². The minimum atomic E-state index is -1.82. The summed E-state index contributed by atoms with van der Waals surface area (Å²) in [6.45, 7) is 0. The Labute approximate surface area is 167 Å². The van der Waals surface area contributed by atoms with Crippen molar-refractivity contribution in [3.05, 3.63) is 114 Å². The normalized spacial score (nSPS) is 10.8. The van der Waals surface area contributed by atoms with Gasteiger partial charge in [-0.3, -0.25) is 0 Å². The number of rotatable bonds is 4. The average Bonchev–Trinajstić information content (AvgIpc) is 2.71. The molecule has 1 radical (unpaired) electrons. The fourth-order valence-electron chi connectivity index (χ4n) is 3.21. The summed E-state index contributed by atoms with van der Waals surface area (Å²) < 4.78 is 5.54. The number of hydrogen-bond acceptors (Lipinski definition) is 0. The number of halogens is 1. The van der Waals surface area contributed by atoms with Crippen LogP contribution >= 0.6 is 15.9 Å². The molecule has 4 aromatic carbocycles. The van der Waals surface area contributed by atoms with Crippen molar-refractivity contribution in [1.82, 2.24) is 0 Å². The molecule has 0 heterocycles. The van der Waals surface area contributed by atoms with Crippen LogP contribution in [-0.2, 0) is 0 Å². The van der Waals surface area contributed by atoms with Crippen molar-refractivity contribution < 1.29 is 0 Å². The van der Waals surface area contributed by atoms with Gasteiger partial charge in [-0.15, -0.1) is 0 Å². The summed E-state index contributed by atoms with van der Waals surface area (Å²) in [5, 5.41) is 0. The molecular weight excluding hydrogens is 441 g/mol. The van der Waals surface area contributed by atoms with E-state index in [1.54, 1.807) is 0 Å². The Hall–Kier alpha value is -2.10. The molecule has 0 atom stereocenters. The standard InChI is InChI=1S/C24H18BrGe/c25-21-16-14-19(15-17-21)20-8-7-13-24(18-20)26(22-9-3-1-4-10-22)23-11-5-2-6-12-23/h1-18H. The van der Waals surface area contributed by atoms with Gasteiger partial charge in [0.15, 0.2) is 0 Å². The molecule has 0 bridgehead atoms. The first-order valence-corrected chi connectivity index (χ1v) is 12.6. The van der Waals surface area contributed by atoms with Crippen molar-refractivity contribution in [2.45, 2.75) is 0 Å². The molecule has 2 heteroatoms. The van der Waals surface area contributed by atoms with E-state index in [4.69, 9.17) is 0 Å². The van der Waals surface area contributed by atoms with Gasteiger partial charge in [-0.2, -0.15) is 0 Å². The fraction of sp³-hybridized carbons (Fsp3) is 0. The molecule has 26 heavy (non-hydrogen) atoms. The first-order valence-electron chi connectivity index (χ1n) is 8.65. The van der Waals surface area contributed by atoms with Gasteiger partial charge in [0.2, 0.25) is 0 Å². The van der Waals surface area contributed by atoms with Crippen molar-refractivity contribution >= 4 is 43.5 Å². The fourth-order valence-corrected chi connectivity index (χ4v) is 8.96. The first kappa shape index (κ1) is 17.3. The van der Waals surface area contributed by atoms with E-state index in [1.165, 1.54) is 24.3 Å². The Morgan fingerprint density at radius 3 is 1.58 bits per heavy atom. The molecule has 0 aliphatic heterocycles. The van der Waals surface area contributed by atoms with E-state index in [1.807, 2.05) is 0 Å². The van der Waals surface area contributed by atoms with Crippen LogP contribution in [-0.4, -0.2) is 14.3 Å².